The highest BCUT2D eigenvalue weighted by Crippen LogP contribution is 2.40. The van der Waals surface area contributed by atoms with Crippen molar-refractivity contribution in [2.24, 2.45) is 0 Å². The molecule has 1 aromatic heterocycles. The maximum Gasteiger partial charge on any atom is 0.339 e. The lowest BCUT2D eigenvalue weighted by Crippen LogP contribution is -2.25. The summed E-state index contributed by atoms with van der Waals surface area (Å²) in [7, 11) is 1.34. The molecule has 1 aliphatic carbocycles. The van der Waals surface area contributed by atoms with Gasteiger partial charge in [-0.1, -0.05) is 19.8 Å². The molecule has 134 valence electrons. The summed E-state index contributed by atoms with van der Waals surface area (Å²) in [5.74, 6) is -0.837. The Bertz CT molecular complexity index is 849. The lowest BCUT2D eigenvalue weighted by Gasteiger charge is -2.24. The minimum atomic E-state index is -0.530. The number of carbonyl (C=O) groups excluding carboxylic acids is 1. The highest BCUT2D eigenvalue weighted by molar-refractivity contribution is 5.93. The Labute approximate surface area is 146 Å². The van der Waals surface area contributed by atoms with E-state index in [1.165, 1.54) is 7.11 Å². The zero-order chi connectivity index (χ0) is 18.0. The Kier molecular flexibility index (Phi) is 5.11. The summed E-state index contributed by atoms with van der Waals surface area (Å²) in [6.07, 6.45) is 5.94. The van der Waals surface area contributed by atoms with E-state index in [9.17, 15) is 14.7 Å². The molecule has 2 aromatic rings. The molecule has 3 rings (SSSR count). The average Bonchev–Trinajstić information content (AvgIpc) is 2.60. The van der Waals surface area contributed by atoms with E-state index >= 15 is 0 Å². The SMILES string of the molecule is CCCCCc1cc(O)c2c3c(c(=O)oc2c1)CCCC3C(=O)OC. The van der Waals surface area contributed by atoms with Crippen molar-refractivity contribution in [3.8, 4) is 5.75 Å². The lowest BCUT2D eigenvalue weighted by molar-refractivity contribution is -0.142. The molecule has 5 nitrogen and oxygen atoms in total. The molecule has 0 bridgehead atoms. The number of aryl methyl sites for hydroxylation is 1. The summed E-state index contributed by atoms with van der Waals surface area (Å²) in [5.41, 5.74) is 1.95. The third-order valence-electron chi connectivity index (χ3n) is 5.01. The van der Waals surface area contributed by atoms with Crippen LogP contribution in [-0.4, -0.2) is 18.2 Å². The first-order valence-electron chi connectivity index (χ1n) is 8.96. The molecule has 1 atom stereocenters. The summed E-state index contributed by atoms with van der Waals surface area (Å²) < 4.78 is 10.4. The average molecular weight is 344 g/mol. The molecule has 1 unspecified atom stereocenters. The molecule has 0 aliphatic heterocycles. The molecule has 25 heavy (non-hydrogen) atoms. The van der Waals surface area contributed by atoms with E-state index in [2.05, 4.69) is 6.92 Å². The predicted molar refractivity (Wildman–Crippen MR) is 95.1 cm³/mol. The molecule has 1 heterocycles. The van der Waals surface area contributed by atoms with Crippen LogP contribution < -0.4 is 5.63 Å². The molecule has 0 saturated carbocycles. The minimum Gasteiger partial charge on any atom is -0.507 e. The summed E-state index contributed by atoms with van der Waals surface area (Å²) >= 11 is 0. The Hall–Kier alpha value is -2.30. The van der Waals surface area contributed by atoms with Gasteiger partial charge in [0.15, 0.2) is 0 Å². The van der Waals surface area contributed by atoms with E-state index in [0.717, 1.165) is 37.7 Å². The summed E-state index contributed by atoms with van der Waals surface area (Å²) in [6, 6.07) is 3.54. The Morgan fingerprint density at radius 3 is 2.88 bits per heavy atom. The van der Waals surface area contributed by atoms with E-state index in [1.54, 1.807) is 6.07 Å². The first-order valence-corrected chi connectivity index (χ1v) is 8.96. The summed E-state index contributed by atoms with van der Waals surface area (Å²) in [4.78, 5) is 24.6. The van der Waals surface area contributed by atoms with Crippen LogP contribution in [0.1, 0.15) is 61.6 Å². The van der Waals surface area contributed by atoms with Gasteiger partial charge in [0.05, 0.1) is 18.4 Å². The van der Waals surface area contributed by atoms with Crippen molar-refractivity contribution >= 4 is 16.9 Å². The largest absolute Gasteiger partial charge is 0.507 e. The number of benzene rings is 1. The van der Waals surface area contributed by atoms with Gasteiger partial charge in [0.1, 0.15) is 11.3 Å². The fourth-order valence-corrected chi connectivity index (χ4v) is 3.78. The number of rotatable bonds is 5. The molecule has 0 spiro atoms. The number of hydrogen-bond donors (Lipinski definition) is 1. The third kappa shape index (κ3) is 3.28. The number of phenolic OH excluding ortho intramolecular Hbond substituents is 1. The number of carbonyl (C=O) groups is 1. The second-order valence-electron chi connectivity index (χ2n) is 6.69. The Morgan fingerprint density at radius 2 is 2.16 bits per heavy atom. The standard InChI is InChI=1S/C20H24O5/c1-3-4-5-7-12-10-15(21)18-16(11-12)25-20(23)14-9-6-8-13(17(14)18)19(22)24-2/h10-11,13,21H,3-9H2,1-2H3. The lowest BCUT2D eigenvalue weighted by atomic mass is 9.81. The summed E-state index contributed by atoms with van der Waals surface area (Å²) in [6.45, 7) is 2.14. The number of fused-ring (bicyclic) bond motifs is 3. The van der Waals surface area contributed by atoms with Crippen molar-refractivity contribution in [1.29, 1.82) is 0 Å². The molecule has 5 heteroatoms. The minimum absolute atomic E-state index is 0.0693. The fraction of sp³-hybridized carbons (Fsp3) is 0.500. The predicted octanol–water partition coefficient (Wildman–Crippen LogP) is 3.82. The van der Waals surface area contributed by atoms with E-state index < -0.39 is 11.5 Å². The first-order chi connectivity index (χ1) is 12.1. The van der Waals surface area contributed by atoms with Crippen molar-refractivity contribution in [3.63, 3.8) is 0 Å². The number of esters is 1. The molecule has 0 amide bonds. The van der Waals surface area contributed by atoms with E-state index in [4.69, 9.17) is 9.15 Å². The van der Waals surface area contributed by atoms with Gasteiger partial charge in [-0.25, -0.2) is 4.79 Å². The zero-order valence-corrected chi connectivity index (χ0v) is 14.8. The van der Waals surface area contributed by atoms with Crippen molar-refractivity contribution in [1.82, 2.24) is 0 Å². The van der Waals surface area contributed by atoms with Crippen LogP contribution in [0, 0.1) is 0 Å². The topological polar surface area (TPSA) is 76.7 Å². The fourth-order valence-electron chi connectivity index (χ4n) is 3.78. The second kappa shape index (κ2) is 7.30. The maximum absolute atomic E-state index is 12.4. The monoisotopic (exact) mass is 344 g/mol. The van der Waals surface area contributed by atoms with Gasteiger partial charge in [0.2, 0.25) is 0 Å². The highest BCUT2D eigenvalue weighted by atomic mass is 16.5. The highest BCUT2D eigenvalue weighted by Gasteiger charge is 2.33. The number of phenols is 1. The van der Waals surface area contributed by atoms with Crippen LogP contribution in [0.5, 0.6) is 5.75 Å². The van der Waals surface area contributed by atoms with Crippen molar-refractivity contribution in [2.45, 2.75) is 57.8 Å². The van der Waals surface area contributed by atoms with Gasteiger partial charge in [-0.05, 0) is 55.4 Å². The second-order valence-corrected chi connectivity index (χ2v) is 6.69. The molecular formula is C20H24O5. The van der Waals surface area contributed by atoms with Crippen molar-refractivity contribution < 1.29 is 19.1 Å². The van der Waals surface area contributed by atoms with E-state index in [1.807, 2.05) is 6.07 Å². The number of ether oxygens (including phenoxy) is 1. The van der Waals surface area contributed by atoms with E-state index in [0.29, 0.717) is 34.9 Å². The number of hydrogen-bond acceptors (Lipinski definition) is 5. The molecule has 1 N–H and O–H groups in total. The van der Waals surface area contributed by atoms with Gasteiger partial charge >= 0.3 is 11.6 Å². The summed E-state index contributed by atoms with van der Waals surface area (Å²) in [5, 5.41) is 11.1. The molecule has 0 radical (unpaired) electrons. The van der Waals surface area contributed by atoms with Gasteiger partial charge in [-0.3, -0.25) is 4.79 Å². The van der Waals surface area contributed by atoms with Crippen LogP contribution in [0.3, 0.4) is 0 Å². The van der Waals surface area contributed by atoms with Gasteiger partial charge in [-0.2, -0.15) is 0 Å². The number of methoxy groups -OCH3 is 1. The third-order valence-corrected chi connectivity index (χ3v) is 5.01. The van der Waals surface area contributed by atoms with Crippen molar-refractivity contribution in [2.75, 3.05) is 7.11 Å². The normalized spacial score (nSPS) is 16.6. The molecule has 1 aliphatic rings. The van der Waals surface area contributed by atoms with E-state index in [-0.39, 0.29) is 11.7 Å². The molecule has 0 fully saturated rings. The van der Waals surface area contributed by atoms with Crippen LogP contribution in [0.2, 0.25) is 0 Å². The van der Waals surface area contributed by atoms with Gasteiger partial charge in [0.25, 0.3) is 0 Å². The number of unbranched alkanes of at least 4 members (excludes halogenated alkanes) is 2. The maximum atomic E-state index is 12.4. The molecule has 1 aromatic carbocycles. The first kappa shape index (κ1) is 17.5. The quantitative estimate of drug-likeness (QED) is 0.507. The van der Waals surface area contributed by atoms with Crippen molar-refractivity contribution in [3.05, 3.63) is 39.2 Å². The smallest absolute Gasteiger partial charge is 0.339 e. The van der Waals surface area contributed by atoms with Gasteiger partial charge < -0.3 is 14.3 Å². The molecular weight excluding hydrogens is 320 g/mol. The molecule has 0 saturated heterocycles. The zero-order valence-electron chi connectivity index (χ0n) is 14.8. The van der Waals surface area contributed by atoms with Crippen LogP contribution in [0.25, 0.3) is 11.0 Å². The van der Waals surface area contributed by atoms with Crippen LogP contribution in [-0.2, 0) is 22.4 Å². The van der Waals surface area contributed by atoms with Crippen LogP contribution in [0.15, 0.2) is 21.3 Å². The van der Waals surface area contributed by atoms with Crippen LogP contribution in [0.4, 0.5) is 0 Å². The van der Waals surface area contributed by atoms with Crippen LogP contribution >= 0.6 is 0 Å². The number of aromatic hydroxyl groups is 1. The Balaban J connectivity index is 2.17. The van der Waals surface area contributed by atoms with Gasteiger partial charge in [-0.15, -0.1) is 0 Å². The van der Waals surface area contributed by atoms with Gasteiger partial charge in [0, 0.05) is 5.56 Å². The Morgan fingerprint density at radius 1 is 1.36 bits per heavy atom.